The largest absolute Gasteiger partial charge is 0.274 e. The molecule has 1 saturated heterocycles. The van der Waals surface area contributed by atoms with Crippen LogP contribution in [0.4, 0.5) is 0 Å². The molecule has 1 aliphatic carbocycles. The summed E-state index contributed by atoms with van der Waals surface area (Å²) in [5, 5.41) is 0.922. The van der Waals surface area contributed by atoms with Crippen LogP contribution in [-0.4, -0.2) is 22.7 Å². The van der Waals surface area contributed by atoms with Gasteiger partial charge in [-0.15, -0.1) is 0 Å². The van der Waals surface area contributed by atoms with E-state index in [0.717, 1.165) is 5.01 Å². The Labute approximate surface area is 101 Å². The highest BCUT2D eigenvalue weighted by Gasteiger charge is 2.64. The second-order valence-electron chi connectivity index (χ2n) is 5.79. The van der Waals surface area contributed by atoms with Gasteiger partial charge in [0, 0.05) is 12.8 Å². The van der Waals surface area contributed by atoms with Gasteiger partial charge in [0.1, 0.15) is 0 Å². The Morgan fingerprint density at radius 1 is 1.35 bits per heavy atom. The van der Waals surface area contributed by atoms with E-state index >= 15 is 0 Å². The maximum Gasteiger partial charge on any atom is 0.254 e. The molecule has 1 heterocycles. The van der Waals surface area contributed by atoms with Gasteiger partial charge in [-0.3, -0.25) is 19.8 Å². The van der Waals surface area contributed by atoms with Crippen LogP contribution in [-0.2, 0) is 14.4 Å². The molecule has 2 aliphatic rings. The Hall–Kier alpha value is -1.39. The molecule has 2 atom stereocenters. The molecular formula is C12H18N2O3. The van der Waals surface area contributed by atoms with Crippen LogP contribution in [0.5, 0.6) is 0 Å². The van der Waals surface area contributed by atoms with Crippen LogP contribution in [0.2, 0.25) is 0 Å². The predicted molar refractivity (Wildman–Crippen MR) is 60.3 cm³/mol. The van der Waals surface area contributed by atoms with Crippen LogP contribution < -0.4 is 5.43 Å². The summed E-state index contributed by atoms with van der Waals surface area (Å²) in [4.78, 5) is 35.6. The minimum Gasteiger partial charge on any atom is -0.274 e. The Bertz CT molecular complexity index is 416. The maximum atomic E-state index is 12.4. The van der Waals surface area contributed by atoms with E-state index in [-0.39, 0.29) is 23.1 Å². The van der Waals surface area contributed by atoms with Crippen LogP contribution >= 0.6 is 0 Å². The van der Waals surface area contributed by atoms with Crippen molar-refractivity contribution in [3.8, 4) is 0 Å². The molecule has 0 aromatic heterocycles. The van der Waals surface area contributed by atoms with Crippen molar-refractivity contribution in [3.05, 3.63) is 0 Å². The molecule has 0 spiro atoms. The molecule has 17 heavy (non-hydrogen) atoms. The van der Waals surface area contributed by atoms with Crippen molar-refractivity contribution < 1.29 is 14.4 Å². The van der Waals surface area contributed by atoms with Gasteiger partial charge in [0.15, 0.2) is 0 Å². The van der Waals surface area contributed by atoms with E-state index in [1.165, 1.54) is 6.92 Å². The molecule has 5 nitrogen and oxygen atoms in total. The number of hydrazine groups is 1. The number of hydrogen-bond donors (Lipinski definition) is 1. The minimum atomic E-state index is -0.561. The number of nitrogens with one attached hydrogen (secondary N) is 1. The number of imide groups is 1. The van der Waals surface area contributed by atoms with Crippen molar-refractivity contribution in [2.75, 3.05) is 0 Å². The summed E-state index contributed by atoms with van der Waals surface area (Å²) in [6.45, 7) is 7.11. The quantitative estimate of drug-likeness (QED) is 0.689. The lowest BCUT2D eigenvalue weighted by atomic mass is 9.63. The highest BCUT2D eigenvalue weighted by atomic mass is 16.2. The number of amides is 3. The normalized spacial score (nSPS) is 35.1. The molecule has 2 unspecified atom stereocenters. The van der Waals surface area contributed by atoms with Gasteiger partial charge >= 0.3 is 0 Å². The number of fused-ring (bicyclic) bond motifs is 2. The zero-order valence-electron chi connectivity index (χ0n) is 10.7. The molecule has 3 amide bonds. The minimum absolute atomic E-state index is 0.183. The van der Waals surface area contributed by atoms with Crippen molar-refractivity contribution in [1.82, 2.24) is 10.4 Å². The number of rotatable bonds is 1. The number of hydrogen-bond acceptors (Lipinski definition) is 3. The van der Waals surface area contributed by atoms with E-state index in [4.69, 9.17) is 0 Å². The molecule has 1 aliphatic heterocycles. The summed E-state index contributed by atoms with van der Waals surface area (Å²) in [5.74, 6) is -1.13. The Morgan fingerprint density at radius 2 is 1.94 bits per heavy atom. The van der Waals surface area contributed by atoms with Crippen LogP contribution in [0.1, 0.15) is 40.5 Å². The van der Waals surface area contributed by atoms with Gasteiger partial charge in [-0.25, -0.2) is 0 Å². The van der Waals surface area contributed by atoms with Crippen molar-refractivity contribution >= 4 is 17.7 Å². The highest BCUT2D eigenvalue weighted by molar-refractivity contribution is 6.04. The molecule has 2 fully saturated rings. The average molecular weight is 238 g/mol. The number of carbonyl (C=O) groups excluding carboxylic acids is 3. The number of nitrogens with zero attached hydrogens (tertiary/aromatic N) is 1. The molecule has 0 aromatic rings. The molecule has 2 rings (SSSR count). The fraction of sp³-hybridized carbons (Fsp3) is 0.750. The summed E-state index contributed by atoms with van der Waals surface area (Å²) in [5.41, 5.74) is 1.44. The topological polar surface area (TPSA) is 66.5 Å². The summed E-state index contributed by atoms with van der Waals surface area (Å²) in [6, 6.07) is 0. The van der Waals surface area contributed by atoms with E-state index in [1.807, 2.05) is 20.8 Å². The highest BCUT2D eigenvalue weighted by Crippen LogP contribution is 2.59. The van der Waals surface area contributed by atoms with Crippen LogP contribution in [0.3, 0.4) is 0 Å². The van der Waals surface area contributed by atoms with Gasteiger partial charge in [0.25, 0.3) is 11.8 Å². The smallest absolute Gasteiger partial charge is 0.254 e. The van der Waals surface area contributed by atoms with Crippen molar-refractivity contribution in [2.45, 2.75) is 40.5 Å². The van der Waals surface area contributed by atoms with Gasteiger partial charge in [-0.2, -0.15) is 5.01 Å². The first kappa shape index (κ1) is 12.1. The Morgan fingerprint density at radius 3 is 2.47 bits per heavy atom. The zero-order chi connectivity index (χ0) is 13.0. The third kappa shape index (κ3) is 1.34. The molecule has 1 saturated carbocycles. The van der Waals surface area contributed by atoms with E-state index < -0.39 is 11.3 Å². The number of piperidine rings is 1. The number of carbonyl (C=O) groups is 3. The van der Waals surface area contributed by atoms with Gasteiger partial charge in [0.2, 0.25) is 5.91 Å². The molecular weight excluding hydrogens is 220 g/mol. The lowest BCUT2D eigenvalue weighted by Gasteiger charge is -2.47. The van der Waals surface area contributed by atoms with Crippen molar-refractivity contribution in [3.63, 3.8) is 0 Å². The second-order valence-corrected chi connectivity index (χ2v) is 5.79. The molecule has 0 aromatic carbocycles. The summed E-state index contributed by atoms with van der Waals surface area (Å²) in [7, 11) is 0. The summed E-state index contributed by atoms with van der Waals surface area (Å²) in [6.07, 6.45) is 1.41. The third-order valence-corrected chi connectivity index (χ3v) is 4.69. The molecule has 5 heteroatoms. The van der Waals surface area contributed by atoms with Crippen LogP contribution in [0.15, 0.2) is 0 Å². The SMILES string of the molecule is CC(=O)NN1C(=O)C2CCC(C)(C1=O)C2(C)C. The van der Waals surface area contributed by atoms with Gasteiger partial charge in [-0.05, 0) is 18.3 Å². The third-order valence-electron chi connectivity index (χ3n) is 4.69. The molecule has 0 radical (unpaired) electrons. The van der Waals surface area contributed by atoms with Gasteiger partial charge in [-0.1, -0.05) is 20.8 Å². The van der Waals surface area contributed by atoms with Crippen LogP contribution in [0.25, 0.3) is 0 Å². The second kappa shape index (κ2) is 3.31. The fourth-order valence-corrected chi connectivity index (χ4v) is 3.08. The Balaban J connectivity index is 2.42. The lowest BCUT2D eigenvalue weighted by molar-refractivity contribution is -0.174. The maximum absolute atomic E-state index is 12.4. The van der Waals surface area contributed by atoms with E-state index in [9.17, 15) is 14.4 Å². The molecule has 94 valence electrons. The molecule has 2 bridgehead atoms. The van der Waals surface area contributed by atoms with Gasteiger partial charge < -0.3 is 0 Å². The first-order valence-corrected chi connectivity index (χ1v) is 5.87. The predicted octanol–water partition coefficient (Wildman–Crippen LogP) is 0.849. The van der Waals surface area contributed by atoms with E-state index in [0.29, 0.717) is 12.8 Å². The van der Waals surface area contributed by atoms with Crippen LogP contribution in [0, 0.1) is 16.7 Å². The zero-order valence-corrected chi connectivity index (χ0v) is 10.7. The first-order chi connectivity index (χ1) is 7.72. The first-order valence-electron chi connectivity index (χ1n) is 5.87. The molecule has 1 N–H and O–H groups in total. The summed E-state index contributed by atoms with van der Waals surface area (Å²) < 4.78 is 0. The fourth-order valence-electron chi connectivity index (χ4n) is 3.08. The van der Waals surface area contributed by atoms with E-state index in [2.05, 4.69) is 5.43 Å². The van der Waals surface area contributed by atoms with E-state index in [1.54, 1.807) is 0 Å². The summed E-state index contributed by atoms with van der Waals surface area (Å²) >= 11 is 0. The standard InChI is InChI=1S/C12H18N2O3/c1-7(15)13-14-9(16)8-5-6-12(4,10(14)17)11(8,2)3/h8H,5-6H2,1-4H3,(H,13,15). The van der Waals surface area contributed by atoms with Crippen molar-refractivity contribution in [2.24, 2.45) is 16.7 Å². The monoisotopic (exact) mass is 238 g/mol. The average Bonchev–Trinajstić information content (AvgIpc) is 2.40. The van der Waals surface area contributed by atoms with Crippen molar-refractivity contribution in [1.29, 1.82) is 0 Å². The van der Waals surface area contributed by atoms with Gasteiger partial charge in [0.05, 0.1) is 5.41 Å². The lowest BCUT2D eigenvalue weighted by Crippen LogP contribution is -2.63. The Kier molecular flexibility index (Phi) is 2.35.